The molecule has 1 saturated heterocycles. The third kappa shape index (κ3) is 8.79. The van der Waals surface area contributed by atoms with Crippen LogP contribution in [0.2, 0.25) is 5.02 Å². The molecule has 0 amide bonds. The minimum absolute atomic E-state index is 0.156. The van der Waals surface area contributed by atoms with Gasteiger partial charge in [0, 0.05) is 37.1 Å². The van der Waals surface area contributed by atoms with Crippen LogP contribution in [0.4, 0.5) is 0 Å². The smallest absolute Gasteiger partial charge is 0.311 e. The normalized spacial score (nSPS) is 19.9. The van der Waals surface area contributed by atoms with E-state index >= 15 is 0 Å². The number of nitrogens with zero attached hydrogens (tertiary/aromatic N) is 2. The summed E-state index contributed by atoms with van der Waals surface area (Å²) in [6.07, 6.45) is 8.98. The van der Waals surface area contributed by atoms with E-state index in [0.717, 1.165) is 86.7 Å². The quantitative estimate of drug-likeness (QED) is 0.140. The first-order chi connectivity index (χ1) is 23.6. The van der Waals surface area contributed by atoms with Crippen LogP contribution in [0.15, 0.2) is 66.2 Å². The van der Waals surface area contributed by atoms with Crippen LogP contribution in [0, 0.1) is 6.92 Å². The number of benzene rings is 3. The molecule has 1 fully saturated rings. The Morgan fingerprint density at radius 2 is 1.88 bits per heavy atom. The molecular formula is C43H55ClN2O3. The standard InChI is InChI=1S/C43H55ClN2O3/c1-30(13-11-17-34-25-36(44)20-19-31(34)2)35-26-39(48-41(47)18-12-23-46-22-10-9-14-32(46)3)42-37-29-45(28-33-15-7-6-8-16-33)24-21-38(37)43(4,5)49-40(42)27-35/h6-8,15-16,19-20,25-27,30,32H,9-14,17-18,21-24,28-29H2,1-5H3. The van der Waals surface area contributed by atoms with Gasteiger partial charge >= 0.3 is 5.97 Å². The van der Waals surface area contributed by atoms with Gasteiger partial charge < -0.3 is 14.4 Å². The molecule has 0 spiro atoms. The summed E-state index contributed by atoms with van der Waals surface area (Å²) in [5.41, 5.74) is 8.17. The molecule has 3 aliphatic heterocycles. The molecule has 3 heterocycles. The molecule has 6 rings (SSSR count). The van der Waals surface area contributed by atoms with E-state index in [1.165, 1.54) is 47.1 Å². The lowest BCUT2D eigenvalue weighted by Gasteiger charge is -2.43. The molecule has 262 valence electrons. The van der Waals surface area contributed by atoms with Crippen LogP contribution in [-0.2, 0) is 17.8 Å². The van der Waals surface area contributed by atoms with E-state index in [0.29, 0.717) is 18.2 Å². The average molecular weight is 683 g/mol. The second-order valence-corrected chi connectivity index (χ2v) is 15.7. The molecule has 0 radical (unpaired) electrons. The van der Waals surface area contributed by atoms with Gasteiger partial charge in [0.1, 0.15) is 17.1 Å². The molecule has 3 aromatic carbocycles. The molecule has 2 atom stereocenters. The molecule has 3 aromatic rings. The SMILES string of the molecule is Cc1ccc(Cl)cc1CCCC(C)c1cc(OC(=O)CCCN2CCCCC2C)c2c(c1)OC(C)(C)C1=C2CN(Cc2ccccc2)CC1. The molecule has 0 bridgehead atoms. The Bertz CT molecular complexity index is 1650. The Kier molecular flexibility index (Phi) is 11.5. The number of aryl methyl sites for hydroxylation is 2. The van der Waals surface area contributed by atoms with Crippen molar-refractivity contribution in [2.75, 3.05) is 26.2 Å². The number of hydrogen-bond acceptors (Lipinski definition) is 5. The third-order valence-corrected chi connectivity index (χ3v) is 11.3. The Labute approximate surface area is 299 Å². The highest BCUT2D eigenvalue weighted by atomic mass is 35.5. The summed E-state index contributed by atoms with van der Waals surface area (Å²) in [5.74, 6) is 1.61. The van der Waals surface area contributed by atoms with Gasteiger partial charge in [-0.15, -0.1) is 0 Å². The van der Waals surface area contributed by atoms with Gasteiger partial charge in [0.15, 0.2) is 0 Å². The van der Waals surface area contributed by atoms with E-state index in [9.17, 15) is 4.79 Å². The number of rotatable bonds is 12. The molecule has 0 saturated carbocycles. The lowest BCUT2D eigenvalue weighted by molar-refractivity contribution is -0.134. The van der Waals surface area contributed by atoms with E-state index in [4.69, 9.17) is 21.1 Å². The molecule has 0 aromatic heterocycles. The first kappa shape index (κ1) is 35.7. The maximum absolute atomic E-state index is 13.6. The summed E-state index contributed by atoms with van der Waals surface area (Å²) < 4.78 is 13.2. The summed E-state index contributed by atoms with van der Waals surface area (Å²) in [6.45, 7) is 15.9. The molecular weight excluding hydrogens is 628 g/mol. The van der Waals surface area contributed by atoms with Gasteiger partial charge in [0.25, 0.3) is 0 Å². The highest BCUT2D eigenvalue weighted by Gasteiger charge is 2.40. The fourth-order valence-corrected chi connectivity index (χ4v) is 8.34. The number of halogens is 1. The molecule has 6 heteroatoms. The number of piperidine rings is 1. The van der Waals surface area contributed by atoms with Crippen LogP contribution in [0.25, 0.3) is 5.57 Å². The van der Waals surface area contributed by atoms with Gasteiger partial charge in [-0.2, -0.15) is 0 Å². The number of esters is 1. The maximum Gasteiger partial charge on any atom is 0.311 e. The molecule has 49 heavy (non-hydrogen) atoms. The van der Waals surface area contributed by atoms with Crippen molar-refractivity contribution in [3.63, 3.8) is 0 Å². The number of likely N-dealkylation sites (tertiary alicyclic amines) is 1. The van der Waals surface area contributed by atoms with E-state index in [1.54, 1.807) is 0 Å². The zero-order valence-electron chi connectivity index (χ0n) is 30.3. The summed E-state index contributed by atoms with van der Waals surface area (Å²) in [7, 11) is 0. The highest BCUT2D eigenvalue weighted by Crippen LogP contribution is 2.49. The lowest BCUT2D eigenvalue weighted by atomic mass is 9.80. The number of hydrogen-bond donors (Lipinski definition) is 0. The van der Waals surface area contributed by atoms with Crippen LogP contribution in [0.5, 0.6) is 11.5 Å². The van der Waals surface area contributed by atoms with E-state index in [1.807, 2.05) is 6.07 Å². The van der Waals surface area contributed by atoms with Crippen molar-refractivity contribution in [1.82, 2.24) is 9.80 Å². The third-order valence-electron chi connectivity index (χ3n) is 11.1. The highest BCUT2D eigenvalue weighted by molar-refractivity contribution is 6.30. The maximum atomic E-state index is 13.6. The molecule has 0 aliphatic carbocycles. The second kappa shape index (κ2) is 15.8. The number of carbonyl (C=O) groups excluding carboxylic acids is 1. The van der Waals surface area contributed by atoms with Crippen molar-refractivity contribution in [2.45, 2.75) is 117 Å². The van der Waals surface area contributed by atoms with Gasteiger partial charge in [-0.25, -0.2) is 0 Å². The molecule has 0 N–H and O–H groups in total. The predicted molar refractivity (Wildman–Crippen MR) is 202 cm³/mol. The fraction of sp³-hybridized carbons (Fsp3) is 0.512. The summed E-state index contributed by atoms with van der Waals surface area (Å²) in [4.78, 5) is 18.6. The van der Waals surface area contributed by atoms with Crippen molar-refractivity contribution in [2.24, 2.45) is 0 Å². The van der Waals surface area contributed by atoms with Crippen LogP contribution >= 0.6 is 11.6 Å². The Morgan fingerprint density at radius 1 is 1.06 bits per heavy atom. The lowest BCUT2D eigenvalue weighted by Crippen LogP contribution is -2.42. The van der Waals surface area contributed by atoms with Crippen LogP contribution < -0.4 is 9.47 Å². The van der Waals surface area contributed by atoms with Crippen molar-refractivity contribution >= 4 is 23.1 Å². The minimum atomic E-state index is -0.431. The van der Waals surface area contributed by atoms with Gasteiger partial charge in [0.2, 0.25) is 0 Å². The largest absolute Gasteiger partial charge is 0.483 e. The van der Waals surface area contributed by atoms with Crippen LogP contribution in [-0.4, -0.2) is 53.6 Å². The van der Waals surface area contributed by atoms with Crippen molar-refractivity contribution < 1.29 is 14.3 Å². The van der Waals surface area contributed by atoms with Crippen molar-refractivity contribution in [3.8, 4) is 11.5 Å². The zero-order valence-corrected chi connectivity index (χ0v) is 31.1. The van der Waals surface area contributed by atoms with Crippen LogP contribution in [0.1, 0.15) is 113 Å². The van der Waals surface area contributed by atoms with E-state index in [2.05, 4.69) is 99.0 Å². The number of fused-ring (bicyclic) bond motifs is 2. The zero-order chi connectivity index (χ0) is 34.5. The van der Waals surface area contributed by atoms with Gasteiger partial charge in [-0.3, -0.25) is 9.69 Å². The van der Waals surface area contributed by atoms with Crippen molar-refractivity contribution in [3.05, 3.63) is 99.1 Å². The Morgan fingerprint density at radius 3 is 2.67 bits per heavy atom. The average Bonchev–Trinajstić information content (AvgIpc) is 3.07. The topological polar surface area (TPSA) is 42.0 Å². The summed E-state index contributed by atoms with van der Waals surface area (Å²) in [5, 5.41) is 0.790. The number of ether oxygens (including phenoxy) is 2. The van der Waals surface area contributed by atoms with Gasteiger partial charge in [0.05, 0.1) is 5.56 Å². The van der Waals surface area contributed by atoms with E-state index in [-0.39, 0.29) is 11.9 Å². The second-order valence-electron chi connectivity index (χ2n) is 15.2. The van der Waals surface area contributed by atoms with Crippen LogP contribution in [0.3, 0.4) is 0 Å². The van der Waals surface area contributed by atoms with E-state index < -0.39 is 5.60 Å². The fourth-order valence-electron chi connectivity index (χ4n) is 8.14. The molecule has 3 aliphatic rings. The van der Waals surface area contributed by atoms with Gasteiger partial charge in [-0.1, -0.05) is 61.3 Å². The predicted octanol–water partition coefficient (Wildman–Crippen LogP) is 10.2. The summed E-state index contributed by atoms with van der Waals surface area (Å²) >= 11 is 6.31. The first-order valence-corrected chi connectivity index (χ1v) is 19.0. The van der Waals surface area contributed by atoms with Crippen molar-refractivity contribution in [1.29, 1.82) is 0 Å². The Balaban J connectivity index is 1.25. The Hall–Kier alpha value is -3.12. The monoisotopic (exact) mass is 682 g/mol. The minimum Gasteiger partial charge on any atom is -0.483 e. The number of carbonyl (C=O) groups is 1. The molecule has 5 nitrogen and oxygen atoms in total. The summed E-state index contributed by atoms with van der Waals surface area (Å²) in [6, 6.07) is 21.8. The molecule has 2 unspecified atom stereocenters. The van der Waals surface area contributed by atoms with Gasteiger partial charge in [-0.05, 0) is 149 Å². The first-order valence-electron chi connectivity index (χ1n) is 18.6.